The Morgan fingerprint density at radius 2 is 1.03 bits per heavy atom. The van der Waals surface area contributed by atoms with Gasteiger partial charge in [-0.15, -0.1) is 0 Å². The lowest BCUT2D eigenvalue weighted by Crippen LogP contribution is -2.52. The molecule has 1 fully saturated rings. The molecule has 1 unspecified atom stereocenters. The third-order valence-corrected chi connectivity index (χ3v) is 5.59. The van der Waals surface area contributed by atoms with Gasteiger partial charge in [0.25, 0.3) is 0 Å². The van der Waals surface area contributed by atoms with Gasteiger partial charge in [0.05, 0.1) is 26.2 Å². The van der Waals surface area contributed by atoms with E-state index in [0.29, 0.717) is 58.9 Å². The molecular formula is C20H37N5O8. The predicted octanol–water partition coefficient (Wildman–Crippen LogP) is -2.09. The van der Waals surface area contributed by atoms with Crippen LogP contribution in [0.5, 0.6) is 0 Å². The Hall–Kier alpha value is -2.32. The van der Waals surface area contributed by atoms with Crippen LogP contribution in [-0.4, -0.2) is 155 Å². The minimum atomic E-state index is -0.998. The largest absolute Gasteiger partial charge is 0.480 e. The summed E-state index contributed by atoms with van der Waals surface area (Å²) in [6, 6.07) is -0.00541. The maximum absolute atomic E-state index is 11.3. The maximum atomic E-state index is 11.3. The summed E-state index contributed by atoms with van der Waals surface area (Å²) in [5, 5.41) is 39.6. The second kappa shape index (κ2) is 15.5. The molecule has 1 saturated heterocycles. The number of carboxylic acid groups (broad SMARTS) is 4. The van der Waals surface area contributed by atoms with E-state index in [0.717, 1.165) is 6.42 Å². The summed E-state index contributed by atoms with van der Waals surface area (Å²) >= 11 is 0. The van der Waals surface area contributed by atoms with E-state index in [9.17, 15) is 34.5 Å². The number of hydrogen-bond donors (Lipinski definition) is 5. The summed E-state index contributed by atoms with van der Waals surface area (Å²) < 4.78 is 0. The molecule has 0 bridgehead atoms. The zero-order valence-corrected chi connectivity index (χ0v) is 19.2. The number of carboxylic acids is 4. The number of nitrogens with one attached hydrogen (secondary N) is 1. The van der Waals surface area contributed by atoms with E-state index in [1.807, 2.05) is 6.92 Å². The van der Waals surface area contributed by atoms with Crippen LogP contribution in [0.15, 0.2) is 0 Å². The van der Waals surface area contributed by atoms with Crippen LogP contribution in [0.25, 0.3) is 0 Å². The van der Waals surface area contributed by atoms with Gasteiger partial charge in [0.2, 0.25) is 0 Å². The van der Waals surface area contributed by atoms with Crippen molar-refractivity contribution in [1.29, 1.82) is 0 Å². The van der Waals surface area contributed by atoms with Crippen LogP contribution in [0.3, 0.4) is 0 Å². The van der Waals surface area contributed by atoms with E-state index in [4.69, 9.17) is 5.11 Å². The molecule has 190 valence electrons. The van der Waals surface area contributed by atoms with Crippen molar-refractivity contribution in [3.8, 4) is 0 Å². The van der Waals surface area contributed by atoms with Crippen LogP contribution in [0.2, 0.25) is 0 Å². The second-order valence-corrected chi connectivity index (χ2v) is 8.13. The minimum Gasteiger partial charge on any atom is -0.480 e. The van der Waals surface area contributed by atoms with Gasteiger partial charge in [-0.3, -0.25) is 38.8 Å². The third-order valence-electron chi connectivity index (χ3n) is 5.59. The van der Waals surface area contributed by atoms with Crippen molar-refractivity contribution in [1.82, 2.24) is 24.9 Å². The quantitative estimate of drug-likeness (QED) is 0.208. The summed E-state index contributed by atoms with van der Waals surface area (Å²) in [6.45, 7) is 5.01. The fourth-order valence-corrected chi connectivity index (χ4v) is 3.84. The Bertz CT molecular complexity index is 618. The van der Waals surface area contributed by atoms with Crippen LogP contribution in [0.1, 0.15) is 13.3 Å². The molecular weight excluding hydrogens is 438 g/mol. The Morgan fingerprint density at radius 1 is 0.667 bits per heavy atom. The van der Waals surface area contributed by atoms with Crippen molar-refractivity contribution >= 4 is 23.9 Å². The lowest BCUT2D eigenvalue weighted by molar-refractivity contribution is -0.140. The van der Waals surface area contributed by atoms with Crippen molar-refractivity contribution in [2.24, 2.45) is 0 Å². The standard InChI is InChI=1S/C20H37N5O8/c1-2-16(11-21-12-17(26)27)25-9-7-23(14-19(30)31)5-3-22(13-18(28)29)4-6-24(8-10-25)15-20(32)33/h16,21H,2-15H2,1H3,(H,26,27)(H,28,29)(H,30,31)(H,32,33). The molecule has 0 aliphatic carbocycles. The number of rotatable bonds is 12. The topological polar surface area (TPSA) is 174 Å². The normalized spacial score (nSPS) is 19.3. The molecule has 1 atom stereocenters. The summed E-state index contributed by atoms with van der Waals surface area (Å²) in [6.07, 6.45) is 0.733. The van der Waals surface area contributed by atoms with Gasteiger partial charge in [-0.25, -0.2) is 0 Å². The zero-order chi connectivity index (χ0) is 24.8. The molecule has 0 spiro atoms. The van der Waals surface area contributed by atoms with E-state index >= 15 is 0 Å². The van der Waals surface area contributed by atoms with Gasteiger partial charge in [0.1, 0.15) is 0 Å². The lowest BCUT2D eigenvalue weighted by Gasteiger charge is -2.36. The van der Waals surface area contributed by atoms with Gasteiger partial charge in [0, 0.05) is 64.9 Å². The first-order chi connectivity index (χ1) is 15.6. The maximum Gasteiger partial charge on any atom is 0.317 e. The van der Waals surface area contributed by atoms with E-state index in [1.165, 1.54) is 0 Å². The monoisotopic (exact) mass is 475 g/mol. The molecule has 13 heteroatoms. The molecule has 0 aromatic rings. The van der Waals surface area contributed by atoms with Crippen molar-refractivity contribution in [3.05, 3.63) is 0 Å². The number of nitrogens with zero attached hydrogens (tertiary/aromatic N) is 4. The molecule has 0 saturated carbocycles. The number of aliphatic carboxylic acids is 4. The molecule has 1 rings (SSSR count). The van der Waals surface area contributed by atoms with E-state index in [2.05, 4.69) is 10.2 Å². The molecule has 0 aromatic heterocycles. The predicted molar refractivity (Wildman–Crippen MR) is 118 cm³/mol. The highest BCUT2D eigenvalue weighted by atomic mass is 16.4. The molecule has 1 aliphatic heterocycles. The van der Waals surface area contributed by atoms with Crippen molar-refractivity contribution in [3.63, 3.8) is 0 Å². The van der Waals surface area contributed by atoms with Crippen LogP contribution in [-0.2, 0) is 19.2 Å². The third kappa shape index (κ3) is 13.1. The van der Waals surface area contributed by atoms with E-state index < -0.39 is 23.9 Å². The molecule has 0 aromatic carbocycles. The zero-order valence-electron chi connectivity index (χ0n) is 19.2. The minimum absolute atomic E-state index is 0.00541. The first kappa shape index (κ1) is 28.7. The first-order valence-electron chi connectivity index (χ1n) is 11.1. The van der Waals surface area contributed by atoms with Crippen LogP contribution in [0.4, 0.5) is 0 Å². The van der Waals surface area contributed by atoms with Gasteiger partial charge in [-0.05, 0) is 6.42 Å². The van der Waals surface area contributed by atoms with Gasteiger partial charge < -0.3 is 25.7 Å². The summed E-state index contributed by atoms with van der Waals surface area (Å²) in [5.41, 5.74) is 0. The van der Waals surface area contributed by atoms with Gasteiger partial charge in [-0.2, -0.15) is 0 Å². The number of carbonyl (C=O) groups is 4. The molecule has 1 aliphatic rings. The lowest BCUT2D eigenvalue weighted by atomic mass is 10.1. The summed E-state index contributed by atoms with van der Waals surface area (Å²) in [4.78, 5) is 52.1. The van der Waals surface area contributed by atoms with Crippen molar-refractivity contribution in [2.75, 3.05) is 85.1 Å². The smallest absolute Gasteiger partial charge is 0.317 e. The first-order valence-corrected chi connectivity index (χ1v) is 11.1. The summed E-state index contributed by atoms with van der Waals surface area (Å²) in [5.74, 6) is -3.89. The average molecular weight is 476 g/mol. The Morgan fingerprint density at radius 3 is 1.33 bits per heavy atom. The molecule has 0 amide bonds. The van der Waals surface area contributed by atoms with E-state index in [-0.39, 0.29) is 32.2 Å². The highest BCUT2D eigenvalue weighted by Gasteiger charge is 2.23. The Kier molecular flexibility index (Phi) is 13.5. The van der Waals surface area contributed by atoms with Gasteiger partial charge in [-0.1, -0.05) is 6.92 Å². The van der Waals surface area contributed by atoms with Gasteiger partial charge >= 0.3 is 23.9 Å². The van der Waals surface area contributed by atoms with Gasteiger partial charge in [0.15, 0.2) is 0 Å². The average Bonchev–Trinajstić information content (AvgIpc) is 2.70. The summed E-state index contributed by atoms with van der Waals surface area (Å²) in [7, 11) is 0. The Labute approximate surface area is 193 Å². The highest BCUT2D eigenvalue weighted by molar-refractivity contribution is 5.70. The van der Waals surface area contributed by atoms with Crippen molar-refractivity contribution in [2.45, 2.75) is 19.4 Å². The molecule has 5 N–H and O–H groups in total. The van der Waals surface area contributed by atoms with Crippen molar-refractivity contribution < 1.29 is 39.6 Å². The molecule has 0 radical (unpaired) electrons. The van der Waals surface area contributed by atoms with Crippen LogP contribution in [0, 0.1) is 0 Å². The molecule has 13 nitrogen and oxygen atoms in total. The second-order valence-electron chi connectivity index (χ2n) is 8.13. The van der Waals surface area contributed by atoms with Crippen LogP contribution >= 0.6 is 0 Å². The van der Waals surface area contributed by atoms with E-state index in [1.54, 1.807) is 14.7 Å². The van der Waals surface area contributed by atoms with Crippen LogP contribution < -0.4 is 5.32 Å². The fraction of sp³-hybridized carbons (Fsp3) is 0.800. The SMILES string of the molecule is CCC(CNCC(=O)O)N1CCN(CC(=O)O)CCN(CC(=O)O)CCN(CC(=O)O)CC1. The number of hydrogen-bond acceptors (Lipinski definition) is 9. The fourth-order valence-electron chi connectivity index (χ4n) is 3.84. The molecule has 1 heterocycles. The molecule has 33 heavy (non-hydrogen) atoms. The highest BCUT2D eigenvalue weighted by Crippen LogP contribution is 2.07. The Balaban J connectivity index is 3.00.